The summed E-state index contributed by atoms with van der Waals surface area (Å²) in [6.45, 7) is 11.0. The number of aromatic hydroxyl groups is 1. The van der Waals surface area contributed by atoms with Crippen LogP contribution in [0.3, 0.4) is 0 Å². The van der Waals surface area contributed by atoms with Gasteiger partial charge in [-0.15, -0.1) is 0 Å². The maximum absolute atomic E-state index is 9.68. The molecule has 1 aromatic carbocycles. The molecular weight excluding hydrogens is 254 g/mol. The lowest BCUT2D eigenvalue weighted by atomic mass is 10.0. The molecule has 0 aromatic heterocycles. The molecule has 0 amide bonds. The SMILES string of the molecule is CCOCC(NCc1ccc(O)c(OCC)c1)C(C)C. The zero-order chi connectivity index (χ0) is 15.0. The highest BCUT2D eigenvalue weighted by Crippen LogP contribution is 2.26. The summed E-state index contributed by atoms with van der Waals surface area (Å²) in [4.78, 5) is 0. The third kappa shape index (κ3) is 5.39. The molecule has 0 aliphatic carbocycles. The highest BCUT2D eigenvalue weighted by atomic mass is 16.5. The second-order valence-electron chi connectivity index (χ2n) is 5.13. The Morgan fingerprint density at radius 3 is 2.55 bits per heavy atom. The van der Waals surface area contributed by atoms with Crippen LogP contribution in [0.25, 0.3) is 0 Å². The summed E-state index contributed by atoms with van der Waals surface area (Å²) in [6.07, 6.45) is 0. The largest absolute Gasteiger partial charge is 0.504 e. The first-order valence-electron chi connectivity index (χ1n) is 7.34. The van der Waals surface area contributed by atoms with E-state index < -0.39 is 0 Å². The maximum atomic E-state index is 9.68. The normalized spacial score (nSPS) is 12.7. The van der Waals surface area contributed by atoms with Gasteiger partial charge in [-0.2, -0.15) is 0 Å². The summed E-state index contributed by atoms with van der Waals surface area (Å²) in [5.74, 6) is 1.23. The van der Waals surface area contributed by atoms with Crippen LogP contribution in [0.4, 0.5) is 0 Å². The van der Waals surface area contributed by atoms with Crippen LogP contribution in [0.2, 0.25) is 0 Å². The fourth-order valence-electron chi connectivity index (χ4n) is 1.92. The number of hydrogen-bond acceptors (Lipinski definition) is 4. The van der Waals surface area contributed by atoms with Gasteiger partial charge >= 0.3 is 0 Å². The van der Waals surface area contributed by atoms with Crippen molar-refractivity contribution in [1.82, 2.24) is 5.32 Å². The molecular formula is C16H27NO3. The topological polar surface area (TPSA) is 50.7 Å². The van der Waals surface area contributed by atoms with Gasteiger partial charge in [0.25, 0.3) is 0 Å². The fraction of sp³-hybridized carbons (Fsp3) is 0.625. The first kappa shape index (κ1) is 16.8. The number of phenols is 1. The molecule has 0 radical (unpaired) electrons. The predicted octanol–water partition coefficient (Wildman–Crippen LogP) is 2.94. The lowest BCUT2D eigenvalue weighted by Crippen LogP contribution is -2.37. The van der Waals surface area contributed by atoms with E-state index in [2.05, 4.69) is 19.2 Å². The van der Waals surface area contributed by atoms with E-state index in [9.17, 15) is 5.11 Å². The Balaban J connectivity index is 2.60. The number of rotatable bonds is 9. The molecule has 0 saturated carbocycles. The van der Waals surface area contributed by atoms with Gasteiger partial charge in [-0.3, -0.25) is 0 Å². The highest BCUT2D eigenvalue weighted by Gasteiger charge is 2.13. The molecule has 1 aromatic rings. The highest BCUT2D eigenvalue weighted by molar-refractivity contribution is 5.41. The lowest BCUT2D eigenvalue weighted by molar-refractivity contribution is 0.108. The van der Waals surface area contributed by atoms with E-state index in [1.54, 1.807) is 6.07 Å². The Labute approximate surface area is 122 Å². The Bertz CT molecular complexity index is 393. The first-order chi connectivity index (χ1) is 9.58. The monoisotopic (exact) mass is 281 g/mol. The minimum atomic E-state index is 0.185. The molecule has 4 heteroatoms. The van der Waals surface area contributed by atoms with E-state index in [0.717, 1.165) is 18.7 Å². The molecule has 2 N–H and O–H groups in total. The molecule has 4 nitrogen and oxygen atoms in total. The van der Waals surface area contributed by atoms with Crippen molar-refractivity contribution in [3.8, 4) is 11.5 Å². The second kappa shape index (κ2) is 8.82. The molecule has 0 saturated heterocycles. The van der Waals surface area contributed by atoms with E-state index in [4.69, 9.17) is 9.47 Å². The van der Waals surface area contributed by atoms with Crippen LogP contribution in [0.15, 0.2) is 18.2 Å². The van der Waals surface area contributed by atoms with Gasteiger partial charge in [0.2, 0.25) is 0 Å². The first-order valence-corrected chi connectivity index (χ1v) is 7.34. The van der Waals surface area contributed by atoms with Crippen molar-refractivity contribution in [3.05, 3.63) is 23.8 Å². The van der Waals surface area contributed by atoms with E-state index in [1.807, 2.05) is 26.0 Å². The third-order valence-electron chi connectivity index (χ3n) is 3.20. The summed E-state index contributed by atoms with van der Waals surface area (Å²) < 4.78 is 10.9. The van der Waals surface area contributed by atoms with Crippen LogP contribution >= 0.6 is 0 Å². The van der Waals surface area contributed by atoms with Crippen molar-refractivity contribution in [2.24, 2.45) is 5.92 Å². The Morgan fingerprint density at radius 1 is 1.20 bits per heavy atom. The van der Waals surface area contributed by atoms with Crippen LogP contribution in [0.5, 0.6) is 11.5 Å². The standard InChI is InChI=1S/C16H27NO3/c1-5-19-11-14(12(3)4)17-10-13-7-8-15(18)16(9-13)20-6-2/h7-9,12,14,17-18H,5-6,10-11H2,1-4H3. The van der Waals surface area contributed by atoms with E-state index in [1.165, 1.54) is 0 Å². The molecule has 0 aliphatic heterocycles. The Kier molecular flexibility index (Phi) is 7.41. The van der Waals surface area contributed by atoms with Gasteiger partial charge < -0.3 is 19.9 Å². The molecule has 20 heavy (non-hydrogen) atoms. The van der Waals surface area contributed by atoms with Gasteiger partial charge in [-0.05, 0) is 37.5 Å². The molecule has 0 spiro atoms. The predicted molar refractivity (Wildman–Crippen MR) is 81.2 cm³/mol. The number of ether oxygens (including phenoxy) is 2. The lowest BCUT2D eigenvalue weighted by Gasteiger charge is -2.22. The Hall–Kier alpha value is -1.26. The zero-order valence-corrected chi connectivity index (χ0v) is 13.0. The van der Waals surface area contributed by atoms with Crippen LogP contribution < -0.4 is 10.1 Å². The molecule has 1 atom stereocenters. The molecule has 1 unspecified atom stereocenters. The van der Waals surface area contributed by atoms with Gasteiger partial charge in [0.15, 0.2) is 11.5 Å². The van der Waals surface area contributed by atoms with Crippen molar-refractivity contribution in [1.29, 1.82) is 0 Å². The smallest absolute Gasteiger partial charge is 0.161 e. The molecule has 0 bridgehead atoms. The average molecular weight is 281 g/mol. The molecule has 0 aliphatic rings. The number of hydrogen-bond donors (Lipinski definition) is 2. The van der Waals surface area contributed by atoms with Crippen LogP contribution in [-0.2, 0) is 11.3 Å². The van der Waals surface area contributed by atoms with Crippen LogP contribution in [0.1, 0.15) is 33.3 Å². The molecule has 1 rings (SSSR count). The Morgan fingerprint density at radius 2 is 1.95 bits per heavy atom. The van der Waals surface area contributed by atoms with Crippen molar-refractivity contribution in [2.75, 3.05) is 19.8 Å². The van der Waals surface area contributed by atoms with Crippen molar-refractivity contribution < 1.29 is 14.6 Å². The van der Waals surface area contributed by atoms with E-state index >= 15 is 0 Å². The number of phenolic OH excluding ortho intramolecular Hbond substituents is 1. The van der Waals surface area contributed by atoms with Gasteiger partial charge in [0.1, 0.15) is 0 Å². The van der Waals surface area contributed by atoms with Crippen molar-refractivity contribution in [3.63, 3.8) is 0 Å². The second-order valence-corrected chi connectivity index (χ2v) is 5.13. The van der Waals surface area contributed by atoms with Gasteiger partial charge in [-0.25, -0.2) is 0 Å². The number of benzene rings is 1. The van der Waals surface area contributed by atoms with Gasteiger partial charge in [0, 0.05) is 19.2 Å². The van der Waals surface area contributed by atoms with Gasteiger partial charge in [-0.1, -0.05) is 19.9 Å². The minimum absolute atomic E-state index is 0.185. The minimum Gasteiger partial charge on any atom is -0.504 e. The third-order valence-corrected chi connectivity index (χ3v) is 3.20. The molecule has 0 heterocycles. The van der Waals surface area contributed by atoms with Gasteiger partial charge in [0.05, 0.1) is 13.2 Å². The average Bonchev–Trinajstić information content (AvgIpc) is 2.42. The summed E-state index contributed by atoms with van der Waals surface area (Å²) in [5.41, 5.74) is 1.09. The molecule has 0 fully saturated rings. The van der Waals surface area contributed by atoms with Crippen LogP contribution in [0, 0.1) is 5.92 Å². The van der Waals surface area contributed by atoms with Crippen LogP contribution in [-0.4, -0.2) is 31.0 Å². The zero-order valence-electron chi connectivity index (χ0n) is 13.0. The van der Waals surface area contributed by atoms with Crippen molar-refractivity contribution in [2.45, 2.75) is 40.3 Å². The number of nitrogens with one attached hydrogen (secondary N) is 1. The van der Waals surface area contributed by atoms with E-state index in [0.29, 0.717) is 30.9 Å². The quantitative estimate of drug-likeness (QED) is 0.730. The maximum Gasteiger partial charge on any atom is 0.161 e. The van der Waals surface area contributed by atoms with Crippen molar-refractivity contribution >= 4 is 0 Å². The summed E-state index contributed by atoms with van der Waals surface area (Å²) in [7, 11) is 0. The summed E-state index contributed by atoms with van der Waals surface area (Å²) in [6, 6.07) is 5.78. The van der Waals surface area contributed by atoms with E-state index in [-0.39, 0.29) is 5.75 Å². The summed E-state index contributed by atoms with van der Waals surface area (Å²) in [5, 5.41) is 13.2. The fourth-order valence-corrected chi connectivity index (χ4v) is 1.92. The molecule has 114 valence electrons. The summed E-state index contributed by atoms with van der Waals surface area (Å²) >= 11 is 0.